The summed E-state index contributed by atoms with van der Waals surface area (Å²) in [5.74, 6) is -1.19. The molecule has 0 aliphatic carbocycles. The zero-order valence-electron chi connectivity index (χ0n) is 19.0. The lowest BCUT2D eigenvalue weighted by molar-refractivity contribution is -0.149. The van der Waals surface area contributed by atoms with Crippen LogP contribution < -0.4 is 5.32 Å². The number of fused-ring (bicyclic) bond motifs is 1. The number of anilines is 1. The number of amides is 1. The van der Waals surface area contributed by atoms with E-state index in [2.05, 4.69) is 5.32 Å². The van der Waals surface area contributed by atoms with Crippen LogP contribution in [0.1, 0.15) is 39.7 Å². The van der Waals surface area contributed by atoms with Gasteiger partial charge in [0.05, 0.1) is 18.3 Å². The van der Waals surface area contributed by atoms with Crippen molar-refractivity contribution >= 4 is 51.9 Å². The Morgan fingerprint density at radius 3 is 2.39 bits per heavy atom. The Morgan fingerprint density at radius 2 is 1.82 bits per heavy atom. The molecule has 0 aliphatic heterocycles. The van der Waals surface area contributed by atoms with Gasteiger partial charge in [-0.2, -0.15) is 0 Å². The average molecular weight is 495 g/mol. The third-order valence-corrected chi connectivity index (χ3v) is 5.78. The van der Waals surface area contributed by atoms with Gasteiger partial charge in [-0.05, 0) is 57.5 Å². The summed E-state index contributed by atoms with van der Waals surface area (Å²) in [5, 5.41) is 3.77. The number of esters is 1. The number of methoxy groups -OCH3 is 1. The molecule has 33 heavy (non-hydrogen) atoms. The smallest absolute Gasteiger partial charge is 0.412 e. The van der Waals surface area contributed by atoms with Gasteiger partial charge in [0.15, 0.2) is 5.54 Å². The number of carbonyl (C=O) groups excluding carboxylic acids is 2. The van der Waals surface area contributed by atoms with Gasteiger partial charge in [0, 0.05) is 27.2 Å². The number of halogens is 3. The SMILES string of the molecule is CCC(C(=O)OC)(c1ccc(Cl)cc1Cl)n1ccc2c(NC(=O)OC(C)(C)C)cc(F)cc21. The maximum Gasteiger partial charge on any atom is 0.412 e. The Bertz CT molecular complexity index is 1220. The Balaban J connectivity index is 2.24. The summed E-state index contributed by atoms with van der Waals surface area (Å²) in [4.78, 5) is 25.6. The molecule has 0 radical (unpaired) electrons. The maximum absolute atomic E-state index is 14.7. The van der Waals surface area contributed by atoms with Crippen LogP contribution in [0, 0.1) is 5.82 Å². The molecule has 1 amide bonds. The van der Waals surface area contributed by atoms with Crippen LogP contribution in [-0.2, 0) is 19.8 Å². The molecular weight excluding hydrogens is 470 g/mol. The van der Waals surface area contributed by atoms with Crippen LogP contribution in [0.3, 0.4) is 0 Å². The predicted molar refractivity (Wildman–Crippen MR) is 128 cm³/mol. The fourth-order valence-corrected chi connectivity index (χ4v) is 4.46. The van der Waals surface area contributed by atoms with Crippen molar-refractivity contribution in [2.45, 2.75) is 45.3 Å². The summed E-state index contributed by atoms with van der Waals surface area (Å²) in [6, 6.07) is 8.96. The first-order valence-corrected chi connectivity index (χ1v) is 11.0. The molecule has 1 unspecified atom stereocenters. The Kier molecular flexibility index (Phi) is 6.96. The lowest BCUT2D eigenvalue weighted by Crippen LogP contribution is -2.43. The number of aromatic nitrogens is 1. The number of nitrogens with one attached hydrogen (secondary N) is 1. The van der Waals surface area contributed by atoms with Crippen LogP contribution in [0.4, 0.5) is 14.9 Å². The predicted octanol–water partition coefficient (Wildman–Crippen LogP) is 6.76. The van der Waals surface area contributed by atoms with Crippen molar-refractivity contribution in [2.75, 3.05) is 12.4 Å². The Morgan fingerprint density at radius 1 is 1.12 bits per heavy atom. The normalized spacial score (nSPS) is 13.5. The molecule has 3 rings (SSSR count). The third-order valence-electron chi connectivity index (χ3n) is 5.23. The summed E-state index contributed by atoms with van der Waals surface area (Å²) in [6.07, 6.45) is 1.16. The van der Waals surface area contributed by atoms with E-state index in [9.17, 15) is 14.0 Å². The van der Waals surface area contributed by atoms with Crippen LogP contribution in [0.2, 0.25) is 10.0 Å². The molecule has 1 N–H and O–H groups in total. The van der Waals surface area contributed by atoms with E-state index in [1.54, 1.807) is 56.7 Å². The molecule has 0 aliphatic rings. The summed E-state index contributed by atoms with van der Waals surface area (Å²) in [6.45, 7) is 6.98. The molecule has 9 heteroatoms. The largest absolute Gasteiger partial charge is 0.467 e. The van der Waals surface area contributed by atoms with Gasteiger partial charge in [0.1, 0.15) is 11.4 Å². The second-order valence-corrected chi connectivity index (χ2v) is 9.37. The number of carbonyl (C=O) groups is 2. The molecule has 2 aromatic carbocycles. The third kappa shape index (κ3) is 4.80. The summed E-state index contributed by atoms with van der Waals surface area (Å²) >= 11 is 12.6. The minimum atomic E-state index is -1.41. The number of rotatable bonds is 5. The van der Waals surface area contributed by atoms with Crippen molar-refractivity contribution in [2.24, 2.45) is 0 Å². The Labute approximate surface area is 201 Å². The molecule has 0 saturated carbocycles. The topological polar surface area (TPSA) is 69.6 Å². The molecule has 0 bridgehead atoms. The highest BCUT2D eigenvalue weighted by molar-refractivity contribution is 6.35. The van der Waals surface area contributed by atoms with Crippen LogP contribution in [-0.4, -0.2) is 29.3 Å². The highest BCUT2D eigenvalue weighted by atomic mass is 35.5. The molecular formula is C24H25Cl2FN2O4. The molecule has 1 heterocycles. The van der Waals surface area contributed by atoms with Crippen molar-refractivity contribution in [3.8, 4) is 0 Å². The van der Waals surface area contributed by atoms with E-state index in [1.807, 2.05) is 0 Å². The first-order valence-electron chi connectivity index (χ1n) is 10.3. The number of nitrogens with zero attached hydrogens (tertiary/aromatic N) is 1. The van der Waals surface area contributed by atoms with Crippen molar-refractivity contribution in [1.82, 2.24) is 4.57 Å². The monoisotopic (exact) mass is 494 g/mol. The van der Waals surface area contributed by atoms with E-state index in [0.29, 0.717) is 21.5 Å². The standard InChI is InChI=1S/C24H25Cl2FN2O4/c1-6-24(21(30)32-5,17-8-7-14(25)11-18(17)26)29-10-9-16-19(12-15(27)13-20(16)29)28-22(31)33-23(2,3)4/h7-13H,6H2,1-5H3,(H,28,31). The highest BCUT2D eigenvalue weighted by Crippen LogP contribution is 2.41. The van der Waals surface area contributed by atoms with E-state index >= 15 is 0 Å². The second kappa shape index (κ2) is 9.23. The molecule has 1 aromatic heterocycles. The van der Waals surface area contributed by atoms with Crippen molar-refractivity contribution in [3.05, 3.63) is 64.0 Å². The average Bonchev–Trinajstić information content (AvgIpc) is 3.12. The fourth-order valence-electron chi connectivity index (χ4n) is 3.89. The number of benzene rings is 2. The van der Waals surface area contributed by atoms with E-state index in [-0.39, 0.29) is 17.1 Å². The highest BCUT2D eigenvalue weighted by Gasteiger charge is 2.44. The van der Waals surface area contributed by atoms with Crippen molar-refractivity contribution in [1.29, 1.82) is 0 Å². The van der Waals surface area contributed by atoms with Gasteiger partial charge < -0.3 is 14.0 Å². The summed E-state index contributed by atoms with van der Waals surface area (Å²) < 4.78 is 26.7. The van der Waals surface area contributed by atoms with Crippen LogP contribution in [0.25, 0.3) is 10.9 Å². The van der Waals surface area contributed by atoms with Gasteiger partial charge in [-0.1, -0.05) is 36.2 Å². The maximum atomic E-state index is 14.7. The number of hydrogen-bond donors (Lipinski definition) is 1. The first-order chi connectivity index (χ1) is 15.4. The molecule has 0 fully saturated rings. The van der Waals surface area contributed by atoms with Gasteiger partial charge in [0.2, 0.25) is 0 Å². The van der Waals surface area contributed by atoms with Crippen LogP contribution >= 0.6 is 23.2 Å². The van der Waals surface area contributed by atoms with Crippen LogP contribution in [0.15, 0.2) is 42.6 Å². The zero-order chi connectivity index (χ0) is 24.6. The first kappa shape index (κ1) is 24.9. The quantitative estimate of drug-likeness (QED) is 0.397. The van der Waals surface area contributed by atoms with E-state index in [0.717, 1.165) is 0 Å². The molecule has 6 nitrogen and oxygen atoms in total. The van der Waals surface area contributed by atoms with E-state index in [1.165, 1.54) is 25.3 Å². The van der Waals surface area contributed by atoms with Crippen molar-refractivity contribution in [3.63, 3.8) is 0 Å². The fraction of sp³-hybridized carbons (Fsp3) is 0.333. The van der Waals surface area contributed by atoms with Gasteiger partial charge in [-0.15, -0.1) is 0 Å². The van der Waals surface area contributed by atoms with Gasteiger partial charge in [0.25, 0.3) is 0 Å². The Hall–Kier alpha value is -2.77. The van der Waals surface area contributed by atoms with Crippen molar-refractivity contribution < 1.29 is 23.5 Å². The number of ether oxygens (including phenoxy) is 2. The summed E-state index contributed by atoms with van der Waals surface area (Å²) in [7, 11) is 1.28. The van der Waals surface area contributed by atoms with E-state index < -0.39 is 29.0 Å². The lowest BCUT2D eigenvalue weighted by Gasteiger charge is -2.34. The van der Waals surface area contributed by atoms with E-state index in [4.69, 9.17) is 32.7 Å². The molecule has 0 saturated heterocycles. The zero-order valence-corrected chi connectivity index (χ0v) is 20.5. The molecule has 176 valence electrons. The van der Waals surface area contributed by atoms with Crippen LogP contribution in [0.5, 0.6) is 0 Å². The number of hydrogen-bond acceptors (Lipinski definition) is 4. The van der Waals surface area contributed by atoms with Gasteiger partial charge >= 0.3 is 12.1 Å². The molecule has 0 spiro atoms. The van der Waals surface area contributed by atoms with Gasteiger partial charge in [-0.3, -0.25) is 5.32 Å². The minimum absolute atomic E-state index is 0.204. The molecule has 1 atom stereocenters. The second-order valence-electron chi connectivity index (χ2n) is 8.53. The lowest BCUT2D eigenvalue weighted by atomic mass is 9.86. The summed E-state index contributed by atoms with van der Waals surface area (Å²) in [5.41, 5.74) is -1.12. The molecule has 3 aromatic rings. The van der Waals surface area contributed by atoms with Gasteiger partial charge in [-0.25, -0.2) is 14.0 Å². The minimum Gasteiger partial charge on any atom is -0.467 e.